The van der Waals surface area contributed by atoms with E-state index in [2.05, 4.69) is 14.8 Å². The SMILES string of the molecule is CC1(CNS(=O)(=O)c2cccc(OC(F)(F)F)c2)CCNCC1.Cl. The molecule has 0 unspecified atom stereocenters. The number of alkyl halides is 3. The first kappa shape index (κ1) is 21.0. The van der Waals surface area contributed by atoms with E-state index in [1.165, 1.54) is 12.1 Å². The summed E-state index contributed by atoms with van der Waals surface area (Å²) in [5, 5.41) is 3.20. The predicted octanol–water partition coefficient (Wildman–Crippen LogP) is 2.68. The lowest BCUT2D eigenvalue weighted by molar-refractivity contribution is -0.274. The number of halogens is 4. The second-order valence-corrected chi connectivity index (χ2v) is 7.67. The Balaban J connectivity index is 0.00000288. The van der Waals surface area contributed by atoms with Crippen molar-refractivity contribution in [3.63, 3.8) is 0 Å². The second kappa shape index (κ2) is 7.90. The van der Waals surface area contributed by atoms with Gasteiger partial charge < -0.3 is 10.1 Å². The maximum absolute atomic E-state index is 12.3. The maximum atomic E-state index is 12.3. The summed E-state index contributed by atoms with van der Waals surface area (Å²) in [4.78, 5) is -0.253. The molecule has 1 aromatic carbocycles. The molecule has 5 nitrogen and oxygen atoms in total. The van der Waals surface area contributed by atoms with Crippen LogP contribution in [0.15, 0.2) is 29.2 Å². The smallest absolute Gasteiger partial charge is 0.406 e. The summed E-state index contributed by atoms with van der Waals surface area (Å²) < 4.78 is 67.4. The van der Waals surface area contributed by atoms with E-state index in [1.54, 1.807) is 0 Å². The van der Waals surface area contributed by atoms with Crippen molar-refractivity contribution in [2.24, 2.45) is 5.41 Å². The molecule has 0 radical (unpaired) electrons. The lowest BCUT2D eigenvalue weighted by Gasteiger charge is -2.34. The van der Waals surface area contributed by atoms with Gasteiger partial charge in [0.15, 0.2) is 0 Å². The number of hydrogen-bond donors (Lipinski definition) is 2. The fraction of sp³-hybridized carbons (Fsp3) is 0.571. The second-order valence-electron chi connectivity index (χ2n) is 5.91. The molecule has 10 heteroatoms. The van der Waals surface area contributed by atoms with E-state index < -0.39 is 22.1 Å². The fourth-order valence-corrected chi connectivity index (χ4v) is 3.63. The predicted molar refractivity (Wildman–Crippen MR) is 85.8 cm³/mol. The molecule has 0 spiro atoms. The summed E-state index contributed by atoms with van der Waals surface area (Å²) in [7, 11) is -3.89. The van der Waals surface area contributed by atoms with Crippen molar-refractivity contribution in [2.75, 3.05) is 19.6 Å². The summed E-state index contributed by atoms with van der Waals surface area (Å²) in [5.74, 6) is -0.562. The Morgan fingerprint density at radius 2 is 1.92 bits per heavy atom. The van der Waals surface area contributed by atoms with Crippen molar-refractivity contribution < 1.29 is 26.3 Å². The van der Waals surface area contributed by atoms with Gasteiger partial charge in [0.2, 0.25) is 10.0 Å². The molecule has 0 aromatic heterocycles. The van der Waals surface area contributed by atoms with Crippen LogP contribution in [0.5, 0.6) is 5.75 Å². The Labute approximate surface area is 145 Å². The number of hydrogen-bond acceptors (Lipinski definition) is 4. The average Bonchev–Trinajstić information content (AvgIpc) is 2.45. The molecular weight excluding hydrogens is 369 g/mol. The standard InChI is InChI=1S/C14H19F3N2O3S.ClH/c1-13(5-7-18-8-6-13)10-19-23(20,21)12-4-2-3-11(9-12)22-14(15,16)17;/h2-4,9,18-19H,5-8,10H2,1H3;1H. The van der Waals surface area contributed by atoms with Crippen LogP contribution in [-0.4, -0.2) is 34.4 Å². The molecule has 0 amide bonds. The van der Waals surface area contributed by atoms with Crippen LogP contribution in [0, 0.1) is 5.41 Å². The van der Waals surface area contributed by atoms with Crippen LogP contribution in [0.2, 0.25) is 0 Å². The van der Waals surface area contributed by atoms with Crippen LogP contribution in [0.3, 0.4) is 0 Å². The topological polar surface area (TPSA) is 67.4 Å². The molecule has 2 N–H and O–H groups in total. The molecule has 138 valence electrons. The van der Waals surface area contributed by atoms with Gasteiger partial charge in [-0.2, -0.15) is 0 Å². The first-order valence-electron chi connectivity index (χ1n) is 7.16. The molecule has 24 heavy (non-hydrogen) atoms. The molecule has 0 aliphatic carbocycles. The third kappa shape index (κ3) is 6.12. The minimum Gasteiger partial charge on any atom is -0.406 e. The molecule has 2 rings (SSSR count). The van der Waals surface area contributed by atoms with Gasteiger partial charge in [0, 0.05) is 12.6 Å². The van der Waals surface area contributed by atoms with E-state index in [0.717, 1.165) is 38.1 Å². The summed E-state index contributed by atoms with van der Waals surface area (Å²) >= 11 is 0. The van der Waals surface area contributed by atoms with Crippen molar-refractivity contribution in [3.8, 4) is 5.75 Å². The highest BCUT2D eigenvalue weighted by molar-refractivity contribution is 7.89. The van der Waals surface area contributed by atoms with Gasteiger partial charge >= 0.3 is 6.36 Å². The third-order valence-electron chi connectivity index (χ3n) is 3.85. The summed E-state index contributed by atoms with van der Waals surface area (Å²) in [6.07, 6.45) is -3.21. The van der Waals surface area contributed by atoms with Gasteiger partial charge in [-0.25, -0.2) is 13.1 Å². The zero-order chi connectivity index (χ0) is 17.1. The summed E-state index contributed by atoms with van der Waals surface area (Å²) in [5.41, 5.74) is -0.168. The van der Waals surface area contributed by atoms with Crippen molar-refractivity contribution >= 4 is 22.4 Å². The van der Waals surface area contributed by atoms with Crippen LogP contribution >= 0.6 is 12.4 Å². The first-order chi connectivity index (χ1) is 10.6. The number of rotatable bonds is 5. The van der Waals surface area contributed by atoms with Gasteiger partial charge in [-0.1, -0.05) is 13.0 Å². The third-order valence-corrected chi connectivity index (χ3v) is 5.25. The van der Waals surface area contributed by atoms with E-state index in [1.807, 2.05) is 6.92 Å². The van der Waals surface area contributed by atoms with E-state index >= 15 is 0 Å². The molecule has 1 fully saturated rings. The highest BCUT2D eigenvalue weighted by Gasteiger charge is 2.32. The van der Waals surface area contributed by atoms with Gasteiger partial charge in [0.1, 0.15) is 5.75 Å². The lowest BCUT2D eigenvalue weighted by atomic mass is 9.81. The van der Waals surface area contributed by atoms with Gasteiger partial charge in [0.25, 0.3) is 0 Å². The van der Waals surface area contributed by atoms with E-state index in [9.17, 15) is 21.6 Å². The van der Waals surface area contributed by atoms with Crippen LogP contribution < -0.4 is 14.8 Å². The quantitative estimate of drug-likeness (QED) is 0.813. The van der Waals surface area contributed by atoms with Gasteiger partial charge in [0.05, 0.1) is 4.90 Å². The zero-order valence-electron chi connectivity index (χ0n) is 13.0. The van der Waals surface area contributed by atoms with E-state index in [0.29, 0.717) is 0 Å². The molecule has 0 atom stereocenters. The first-order valence-corrected chi connectivity index (χ1v) is 8.64. The lowest BCUT2D eigenvalue weighted by Crippen LogP contribution is -2.42. The number of sulfonamides is 1. The van der Waals surface area contributed by atoms with Crippen LogP contribution in [0.4, 0.5) is 13.2 Å². The minimum absolute atomic E-state index is 0. The van der Waals surface area contributed by atoms with Crippen molar-refractivity contribution in [1.29, 1.82) is 0 Å². The normalized spacial score (nSPS) is 17.8. The van der Waals surface area contributed by atoms with Crippen LogP contribution in [0.1, 0.15) is 19.8 Å². The Morgan fingerprint density at radius 3 is 2.50 bits per heavy atom. The minimum atomic E-state index is -4.86. The van der Waals surface area contributed by atoms with E-state index in [4.69, 9.17) is 0 Å². The van der Waals surface area contributed by atoms with Crippen molar-refractivity contribution in [3.05, 3.63) is 24.3 Å². The van der Waals surface area contributed by atoms with Crippen LogP contribution in [-0.2, 0) is 10.0 Å². The van der Waals surface area contributed by atoms with Gasteiger partial charge in [-0.15, -0.1) is 25.6 Å². The van der Waals surface area contributed by atoms with E-state index in [-0.39, 0.29) is 29.3 Å². The summed E-state index contributed by atoms with van der Waals surface area (Å²) in [6, 6.07) is 4.36. The fourth-order valence-electron chi connectivity index (χ4n) is 2.40. The molecule has 1 heterocycles. The zero-order valence-corrected chi connectivity index (χ0v) is 14.7. The molecule has 1 aliphatic heterocycles. The highest BCUT2D eigenvalue weighted by Crippen LogP contribution is 2.28. The van der Waals surface area contributed by atoms with Crippen molar-refractivity contribution in [2.45, 2.75) is 31.0 Å². The van der Waals surface area contributed by atoms with Gasteiger partial charge in [-0.3, -0.25) is 0 Å². The molecule has 0 saturated carbocycles. The number of ether oxygens (including phenoxy) is 1. The maximum Gasteiger partial charge on any atom is 0.573 e. The number of nitrogens with one attached hydrogen (secondary N) is 2. The monoisotopic (exact) mass is 388 g/mol. The molecule has 1 aliphatic rings. The average molecular weight is 389 g/mol. The Morgan fingerprint density at radius 1 is 1.29 bits per heavy atom. The van der Waals surface area contributed by atoms with Crippen LogP contribution in [0.25, 0.3) is 0 Å². The number of benzene rings is 1. The van der Waals surface area contributed by atoms with Gasteiger partial charge in [-0.05, 0) is 43.5 Å². The Hall–Kier alpha value is -1.03. The molecule has 1 saturated heterocycles. The number of piperidine rings is 1. The molecular formula is C14H20ClF3N2O3S. The highest BCUT2D eigenvalue weighted by atomic mass is 35.5. The van der Waals surface area contributed by atoms with Crippen molar-refractivity contribution in [1.82, 2.24) is 10.0 Å². The molecule has 1 aromatic rings. The Kier molecular flexibility index (Phi) is 6.92. The molecule has 0 bridgehead atoms. The largest absolute Gasteiger partial charge is 0.573 e. The summed E-state index contributed by atoms with van der Waals surface area (Å²) in [6.45, 7) is 3.85. The Bertz CT molecular complexity index is 647.